The van der Waals surface area contributed by atoms with Gasteiger partial charge in [0.15, 0.2) is 0 Å². The lowest BCUT2D eigenvalue weighted by Crippen LogP contribution is -2.28. The third-order valence-electron chi connectivity index (χ3n) is 3.93. The highest BCUT2D eigenvalue weighted by atomic mass is 16.2. The summed E-state index contributed by atoms with van der Waals surface area (Å²) in [5.41, 5.74) is 7.28. The molecule has 0 unspecified atom stereocenters. The summed E-state index contributed by atoms with van der Waals surface area (Å²) in [6, 6.07) is 7.06. The van der Waals surface area contributed by atoms with E-state index < -0.39 is 0 Å². The third-order valence-corrected chi connectivity index (χ3v) is 3.93. The molecule has 1 aromatic carbocycles. The summed E-state index contributed by atoms with van der Waals surface area (Å²) in [6.45, 7) is 2.47. The number of carbonyl (C=O) groups is 2. The highest BCUT2D eigenvalue weighted by Crippen LogP contribution is 2.27. The molecule has 0 saturated heterocycles. The number of hydrogen-bond donors (Lipinski definition) is 3. The van der Waals surface area contributed by atoms with Crippen molar-refractivity contribution in [2.75, 3.05) is 11.9 Å². The van der Waals surface area contributed by atoms with Crippen LogP contribution in [-0.4, -0.2) is 24.4 Å². The summed E-state index contributed by atoms with van der Waals surface area (Å²) >= 11 is 0. The van der Waals surface area contributed by atoms with Gasteiger partial charge in [-0.2, -0.15) is 0 Å². The maximum atomic E-state index is 12.0. The Labute approximate surface area is 125 Å². The minimum atomic E-state index is -0.104. The second-order valence-corrected chi connectivity index (χ2v) is 5.54. The van der Waals surface area contributed by atoms with Crippen LogP contribution in [0.1, 0.15) is 43.0 Å². The van der Waals surface area contributed by atoms with E-state index in [9.17, 15) is 9.59 Å². The van der Waals surface area contributed by atoms with Crippen molar-refractivity contribution in [1.29, 1.82) is 0 Å². The Hall–Kier alpha value is -1.88. The van der Waals surface area contributed by atoms with E-state index in [2.05, 4.69) is 10.6 Å². The van der Waals surface area contributed by atoms with Crippen LogP contribution in [0.3, 0.4) is 0 Å². The lowest BCUT2D eigenvalue weighted by Gasteiger charge is -2.14. The molecule has 1 aliphatic carbocycles. The number of nitrogens with two attached hydrogens (primary N) is 1. The molecule has 5 heteroatoms. The van der Waals surface area contributed by atoms with Crippen molar-refractivity contribution in [1.82, 2.24) is 5.32 Å². The number of rotatable bonds is 5. The Morgan fingerprint density at radius 2 is 1.95 bits per heavy atom. The normalized spacial score (nSPS) is 21.0. The standard InChI is InChI=1S/C16H23N3O2/c1-2-18-16(21)11-6-8-13(9-7-11)19-15(20)10-12-4-3-5-14(12)17/h6-9,12,14H,2-5,10,17H2,1H3,(H,18,21)(H,19,20)/t12-,14+/m0/s1. The van der Waals surface area contributed by atoms with E-state index in [4.69, 9.17) is 5.73 Å². The molecular formula is C16H23N3O2. The first-order chi connectivity index (χ1) is 10.1. The second kappa shape index (κ2) is 7.22. The van der Waals surface area contributed by atoms with E-state index in [1.165, 1.54) is 0 Å². The molecule has 0 aromatic heterocycles. The molecule has 1 fully saturated rings. The Morgan fingerprint density at radius 3 is 2.52 bits per heavy atom. The zero-order valence-electron chi connectivity index (χ0n) is 12.4. The van der Waals surface area contributed by atoms with Crippen LogP contribution in [-0.2, 0) is 4.79 Å². The highest BCUT2D eigenvalue weighted by molar-refractivity contribution is 5.95. The van der Waals surface area contributed by atoms with E-state index in [-0.39, 0.29) is 17.9 Å². The minimum absolute atomic E-state index is 0.0110. The van der Waals surface area contributed by atoms with Crippen LogP contribution in [0.5, 0.6) is 0 Å². The van der Waals surface area contributed by atoms with Crippen LogP contribution in [0, 0.1) is 5.92 Å². The van der Waals surface area contributed by atoms with Gasteiger partial charge in [0, 0.05) is 30.3 Å². The van der Waals surface area contributed by atoms with Gasteiger partial charge < -0.3 is 16.4 Å². The molecule has 0 aliphatic heterocycles. The van der Waals surface area contributed by atoms with Gasteiger partial charge in [-0.1, -0.05) is 6.42 Å². The van der Waals surface area contributed by atoms with Crippen molar-refractivity contribution in [3.63, 3.8) is 0 Å². The molecule has 1 saturated carbocycles. The number of carbonyl (C=O) groups excluding carboxylic acids is 2. The van der Waals surface area contributed by atoms with E-state index in [1.54, 1.807) is 24.3 Å². The zero-order valence-corrected chi connectivity index (χ0v) is 12.4. The monoisotopic (exact) mass is 289 g/mol. The number of amides is 2. The first-order valence-corrected chi connectivity index (χ1v) is 7.54. The van der Waals surface area contributed by atoms with E-state index in [0.717, 1.165) is 19.3 Å². The van der Waals surface area contributed by atoms with Crippen LogP contribution < -0.4 is 16.4 Å². The van der Waals surface area contributed by atoms with Crippen molar-refractivity contribution in [2.24, 2.45) is 11.7 Å². The summed E-state index contributed by atoms with van der Waals surface area (Å²) in [5.74, 6) is 0.176. The molecule has 114 valence electrons. The van der Waals surface area contributed by atoms with Gasteiger partial charge in [-0.3, -0.25) is 9.59 Å². The van der Waals surface area contributed by atoms with Gasteiger partial charge >= 0.3 is 0 Å². The predicted molar refractivity (Wildman–Crippen MR) is 83.0 cm³/mol. The first-order valence-electron chi connectivity index (χ1n) is 7.54. The average Bonchev–Trinajstić information content (AvgIpc) is 2.85. The smallest absolute Gasteiger partial charge is 0.251 e. The topological polar surface area (TPSA) is 84.2 Å². The van der Waals surface area contributed by atoms with Crippen molar-refractivity contribution in [3.05, 3.63) is 29.8 Å². The van der Waals surface area contributed by atoms with E-state index >= 15 is 0 Å². The van der Waals surface area contributed by atoms with Crippen LogP contribution in [0.2, 0.25) is 0 Å². The summed E-state index contributed by atoms with van der Waals surface area (Å²) in [5, 5.41) is 5.60. The number of benzene rings is 1. The molecule has 1 aliphatic rings. The molecule has 2 rings (SSSR count). The highest BCUT2D eigenvalue weighted by Gasteiger charge is 2.25. The summed E-state index contributed by atoms with van der Waals surface area (Å²) in [7, 11) is 0. The van der Waals surface area contributed by atoms with Crippen molar-refractivity contribution < 1.29 is 9.59 Å². The lowest BCUT2D eigenvalue weighted by molar-refractivity contribution is -0.117. The van der Waals surface area contributed by atoms with Gasteiger partial charge in [-0.25, -0.2) is 0 Å². The SMILES string of the molecule is CCNC(=O)c1ccc(NC(=O)C[C@@H]2CCC[C@H]2N)cc1. The summed E-state index contributed by atoms with van der Waals surface area (Å²) in [6.07, 6.45) is 3.63. The fraction of sp³-hybridized carbons (Fsp3) is 0.500. The van der Waals surface area contributed by atoms with Crippen LogP contribution in [0.15, 0.2) is 24.3 Å². The molecular weight excluding hydrogens is 266 g/mol. The van der Waals surface area contributed by atoms with Gasteiger partial charge in [-0.05, 0) is 49.9 Å². The maximum Gasteiger partial charge on any atom is 0.251 e. The molecule has 0 radical (unpaired) electrons. The number of hydrogen-bond acceptors (Lipinski definition) is 3. The molecule has 21 heavy (non-hydrogen) atoms. The predicted octanol–water partition coefficient (Wildman–Crippen LogP) is 1.89. The molecule has 0 spiro atoms. The van der Waals surface area contributed by atoms with Crippen molar-refractivity contribution >= 4 is 17.5 Å². The average molecular weight is 289 g/mol. The second-order valence-electron chi connectivity index (χ2n) is 5.54. The zero-order chi connectivity index (χ0) is 15.2. The Morgan fingerprint density at radius 1 is 1.24 bits per heavy atom. The largest absolute Gasteiger partial charge is 0.352 e. The third kappa shape index (κ3) is 4.29. The van der Waals surface area contributed by atoms with E-state index in [0.29, 0.717) is 30.1 Å². The van der Waals surface area contributed by atoms with E-state index in [1.807, 2.05) is 6.92 Å². The number of nitrogens with one attached hydrogen (secondary N) is 2. The Balaban J connectivity index is 1.87. The van der Waals surface area contributed by atoms with Gasteiger partial charge in [0.05, 0.1) is 0 Å². The maximum absolute atomic E-state index is 12.0. The fourth-order valence-corrected chi connectivity index (χ4v) is 2.74. The van der Waals surface area contributed by atoms with Gasteiger partial charge in [0.2, 0.25) is 5.91 Å². The summed E-state index contributed by atoms with van der Waals surface area (Å²) in [4.78, 5) is 23.6. The Bertz CT molecular complexity index is 499. The molecule has 5 nitrogen and oxygen atoms in total. The molecule has 2 amide bonds. The van der Waals surface area contributed by atoms with Crippen LogP contribution in [0.4, 0.5) is 5.69 Å². The number of anilines is 1. The summed E-state index contributed by atoms with van der Waals surface area (Å²) < 4.78 is 0. The fourth-order valence-electron chi connectivity index (χ4n) is 2.74. The van der Waals surface area contributed by atoms with Gasteiger partial charge in [0.1, 0.15) is 0 Å². The molecule has 2 atom stereocenters. The van der Waals surface area contributed by atoms with Gasteiger partial charge in [-0.15, -0.1) is 0 Å². The van der Waals surface area contributed by atoms with Crippen molar-refractivity contribution in [2.45, 2.75) is 38.6 Å². The molecule has 1 aromatic rings. The molecule has 4 N–H and O–H groups in total. The van der Waals surface area contributed by atoms with Crippen molar-refractivity contribution in [3.8, 4) is 0 Å². The quantitative estimate of drug-likeness (QED) is 0.774. The Kier molecular flexibility index (Phi) is 5.33. The van der Waals surface area contributed by atoms with Gasteiger partial charge in [0.25, 0.3) is 5.91 Å². The minimum Gasteiger partial charge on any atom is -0.352 e. The first kappa shape index (κ1) is 15.5. The van der Waals surface area contributed by atoms with Crippen LogP contribution in [0.25, 0.3) is 0 Å². The molecule has 0 heterocycles. The molecule has 0 bridgehead atoms. The van der Waals surface area contributed by atoms with Crippen LogP contribution >= 0.6 is 0 Å². The lowest BCUT2D eigenvalue weighted by atomic mass is 10.00.